The molecule has 0 atom stereocenters. The summed E-state index contributed by atoms with van der Waals surface area (Å²) in [5.41, 5.74) is 3.52. The molecule has 0 aliphatic heterocycles. The van der Waals surface area contributed by atoms with Crippen molar-refractivity contribution in [2.75, 3.05) is 13.1 Å². The highest BCUT2D eigenvalue weighted by Gasteiger charge is 2.21. The lowest BCUT2D eigenvalue weighted by atomic mass is 10.1. The minimum Gasteiger partial charge on any atom is -0.339 e. The zero-order chi connectivity index (χ0) is 25.4. The molecule has 0 aliphatic rings. The van der Waals surface area contributed by atoms with E-state index in [1.54, 1.807) is 16.6 Å². The molecule has 4 rings (SSSR count). The molecule has 0 spiro atoms. The first-order valence-electron chi connectivity index (χ1n) is 12.2. The minimum atomic E-state index is -0.119. The number of carbonyl (C=O) groups is 1. The fourth-order valence-electron chi connectivity index (χ4n) is 4.39. The molecular weight excluding hydrogens is 456 g/mol. The fraction of sp³-hybridized carbons (Fsp3) is 0.393. The molecule has 0 N–H and O–H groups in total. The summed E-state index contributed by atoms with van der Waals surface area (Å²) in [6, 6.07) is 5.59. The molecule has 3 aromatic heterocycles. The number of benzene rings is 1. The first kappa shape index (κ1) is 24.9. The lowest BCUT2D eigenvalue weighted by Gasteiger charge is -2.24. The van der Waals surface area contributed by atoms with E-state index in [-0.39, 0.29) is 11.5 Å². The Morgan fingerprint density at radius 2 is 1.74 bits per heavy atom. The van der Waals surface area contributed by atoms with Crippen LogP contribution in [0.2, 0.25) is 0 Å². The monoisotopic (exact) mass is 490 g/mol. The van der Waals surface area contributed by atoms with Gasteiger partial charge in [-0.1, -0.05) is 53.0 Å². The first-order chi connectivity index (χ1) is 16.7. The predicted molar refractivity (Wildman–Crippen MR) is 148 cm³/mol. The molecule has 0 bridgehead atoms. The number of carbonyl (C=O) groups excluding carboxylic acids is 1. The zero-order valence-corrected chi connectivity index (χ0v) is 22.1. The van der Waals surface area contributed by atoms with Gasteiger partial charge in [0.25, 0.3) is 11.5 Å². The van der Waals surface area contributed by atoms with Gasteiger partial charge >= 0.3 is 0 Å². The lowest BCUT2D eigenvalue weighted by Crippen LogP contribution is -2.34. The van der Waals surface area contributed by atoms with E-state index in [0.717, 1.165) is 47.4 Å². The summed E-state index contributed by atoms with van der Waals surface area (Å²) in [6.45, 7) is 18.0. The number of aromatic nitrogens is 3. The van der Waals surface area contributed by atoms with E-state index in [0.29, 0.717) is 33.4 Å². The second kappa shape index (κ2) is 9.82. The molecule has 3 heterocycles. The van der Waals surface area contributed by atoms with E-state index in [1.807, 2.05) is 34.7 Å². The van der Waals surface area contributed by atoms with E-state index in [2.05, 4.69) is 40.9 Å². The van der Waals surface area contributed by atoms with Gasteiger partial charge in [-0.15, -0.1) is 11.3 Å². The minimum absolute atomic E-state index is 0.0318. The van der Waals surface area contributed by atoms with Crippen LogP contribution >= 0.6 is 11.3 Å². The van der Waals surface area contributed by atoms with Gasteiger partial charge in [0.2, 0.25) is 5.78 Å². The van der Waals surface area contributed by atoms with Crippen molar-refractivity contribution in [1.29, 1.82) is 0 Å². The SMILES string of the molecule is C=Cc1sc2c(=O)n3c4ccc(C(=O)N(CCC(C)C)CCC(C)C)cc4n(C)c3nc2c1C=C. The number of imidazole rings is 1. The van der Waals surface area contributed by atoms with Gasteiger partial charge in [-0.25, -0.2) is 9.38 Å². The van der Waals surface area contributed by atoms with E-state index in [9.17, 15) is 9.59 Å². The Morgan fingerprint density at radius 3 is 2.31 bits per heavy atom. The highest BCUT2D eigenvalue weighted by Crippen LogP contribution is 2.31. The summed E-state index contributed by atoms with van der Waals surface area (Å²) >= 11 is 1.38. The van der Waals surface area contributed by atoms with Crippen LogP contribution < -0.4 is 5.56 Å². The fourth-order valence-corrected chi connectivity index (χ4v) is 5.41. The van der Waals surface area contributed by atoms with Crippen LogP contribution in [0.4, 0.5) is 0 Å². The molecule has 184 valence electrons. The first-order valence-corrected chi connectivity index (χ1v) is 13.0. The Morgan fingerprint density at radius 1 is 1.09 bits per heavy atom. The normalized spacial score (nSPS) is 11.9. The lowest BCUT2D eigenvalue weighted by molar-refractivity contribution is 0.0741. The van der Waals surface area contributed by atoms with Crippen LogP contribution in [0.3, 0.4) is 0 Å². The topological polar surface area (TPSA) is 59.6 Å². The molecular formula is C28H34N4O2S. The average molecular weight is 491 g/mol. The second-order valence-electron chi connectivity index (χ2n) is 9.94. The third-order valence-electron chi connectivity index (χ3n) is 6.51. The maximum atomic E-state index is 13.5. The van der Waals surface area contributed by atoms with Gasteiger partial charge in [0, 0.05) is 36.1 Å². The van der Waals surface area contributed by atoms with Gasteiger partial charge in [-0.3, -0.25) is 9.59 Å². The standard InChI is InChI=1S/C28H34N4O2S/c1-8-20-23(9-2)35-25-24(20)29-28-30(7)22-16-19(10-11-21(22)32(28)27(25)34)26(33)31(14-12-17(3)4)15-13-18(5)6/h8-11,16-18H,1-2,12-15H2,3-7H3. The van der Waals surface area contributed by atoms with E-state index in [4.69, 9.17) is 4.98 Å². The van der Waals surface area contributed by atoms with E-state index < -0.39 is 0 Å². The molecule has 4 aromatic rings. The molecule has 0 saturated heterocycles. The number of thiophene rings is 1. The quantitative estimate of drug-likeness (QED) is 0.280. The average Bonchev–Trinajstić information content (AvgIpc) is 3.33. The summed E-state index contributed by atoms with van der Waals surface area (Å²) in [4.78, 5) is 34.7. The van der Waals surface area contributed by atoms with Crippen molar-refractivity contribution in [2.24, 2.45) is 18.9 Å². The van der Waals surface area contributed by atoms with Crippen LogP contribution in [0, 0.1) is 11.8 Å². The van der Waals surface area contributed by atoms with Crippen molar-refractivity contribution in [3.63, 3.8) is 0 Å². The largest absolute Gasteiger partial charge is 0.339 e. The summed E-state index contributed by atoms with van der Waals surface area (Å²) in [5.74, 6) is 1.62. The third kappa shape index (κ3) is 4.45. The van der Waals surface area contributed by atoms with Gasteiger partial charge in [-0.05, 0) is 42.9 Å². The highest BCUT2D eigenvalue weighted by molar-refractivity contribution is 7.20. The molecule has 0 unspecified atom stereocenters. The smallest absolute Gasteiger partial charge is 0.277 e. The van der Waals surface area contributed by atoms with Gasteiger partial charge in [-0.2, -0.15) is 0 Å². The Kier molecular flexibility index (Phi) is 6.99. The van der Waals surface area contributed by atoms with Crippen molar-refractivity contribution in [1.82, 2.24) is 18.9 Å². The summed E-state index contributed by atoms with van der Waals surface area (Å²) in [5, 5.41) is 0. The Hall–Kier alpha value is -3.19. The Bertz CT molecular complexity index is 1490. The zero-order valence-electron chi connectivity index (χ0n) is 21.3. The molecule has 0 aliphatic carbocycles. The molecule has 35 heavy (non-hydrogen) atoms. The predicted octanol–water partition coefficient (Wildman–Crippen LogP) is 6.22. The van der Waals surface area contributed by atoms with Crippen LogP contribution in [-0.4, -0.2) is 37.8 Å². The molecule has 0 radical (unpaired) electrons. The van der Waals surface area contributed by atoms with Crippen molar-refractivity contribution in [3.8, 4) is 0 Å². The van der Waals surface area contributed by atoms with Crippen molar-refractivity contribution < 1.29 is 4.79 Å². The Labute approximate surface area is 210 Å². The van der Waals surface area contributed by atoms with Crippen molar-refractivity contribution in [3.05, 3.63) is 57.7 Å². The number of hydrogen-bond donors (Lipinski definition) is 0. The van der Waals surface area contributed by atoms with Crippen LogP contribution in [-0.2, 0) is 7.05 Å². The third-order valence-corrected chi connectivity index (χ3v) is 7.69. The molecule has 0 fully saturated rings. The van der Waals surface area contributed by atoms with Crippen LogP contribution in [0.1, 0.15) is 61.3 Å². The van der Waals surface area contributed by atoms with Crippen LogP contribution in [0.25, 0.3) is 39.2 Å². The van der Waals surface area contributed by atoms with Crippen molar-refractivity contribution in [2.45, 2.75) is 40.5 Å². The number of aryl methyl sites for hydroxylation is 1. The molecule has 1 amide bonds. The second-order valence-corrected chi connectivity index (χ2v) is 11.0. The van der Waals surface area contributed by atoms with Gasteiger partial charge in [0.05, 0.1) is 16.6 Å². The van der Waals surface area contributed by atoms with Gasteiger partial charge in [0.15, 0.2) is 0 Å². The maximum Gasteiger partial charge on any atom is 0.277 e. The van der Waals surface area contributed by atoms with Gasteiger partial charge in [0.1, 0.15) is 4.70 Å². The number of nitrogens with zero attached hydrogens (tertiary/aromatic N) is 4. The number of amides is 1. The molecule has 0 saturated carbocycles. The number of rotatable bonds is 9. The highest BCUT2D eigenvalue weighted by atomic mass is 32.1. The van der Waals surface area contributed by atoms with Crippen LogP contribution in [0.15, 0.2) is 36.2 Å². The molecule has 6 nitrogen and oxygen atoms in total. The molecule has 7 heteroatoms. The van der Waals surface area contributed by atoms with E-state index >= 15 is 0 Å². The Balaban J connectivity index is 1.84. The van der Waals surface area contributed by atoms with E-state index in [1.165, 1.54) is 11.3 Å². The summed E-state index contributed by atoms with van der Waals surface area (Å²) in [7, 11) is 1.88. The number of hydrogen-bond acceptors (Lipinski definition) is 4. The maximum absolute atomic E-state index is 13.5. The van der Waals surface area contributed by atoms with Gasteiger partial charge < -0.3 is 9.47 Å². The molecule has 1 aromatic carbocycles. The summed E-state index contributed by atoms with van der Waals surface area (Å²) in [6.07, 6.45) is 5.39. The van der Waals surface area contributed by atoms with Crippen molar-refractivity contribution >= 4 is 56.4 Å². The number of fused-ring (bicyclic) bond motifs is 4. The van der Waals surface area contributed by atoms with Crippen LogP contribution in [0.5, 0.6) is 0 Å². The summed E-state index contributed by atoms with van der Waals surface area (Å²) < 4.78 is 4.10.